The van der Waals surface area contributed by atoms with Crippen LogP contribution in [0.25, 0.3) is 21.7 Å². The van der Waals surface area contributed by atoms with Gasteiger partial charge in [-0.05, 0) is 52.3 Å². The number of hydrogen-bond acceptors (Lipinski definition) is 7. The van der Waals surface area contributed by atoms with E-state index in [0.717, 1.165) is 32.0 Å². The molecule has 0 radical (unpaired) electrons. The van der Waals surface area contributed by atoms with E-state index in [0.29, 0.717) is 22.3 Å². The Morgan fingerprint density at radius 2 is 1.82 bits per heavy atom. The zero-order valence-electron chi connectivity index (χ0n) is 16.3. The molecule has 6 nitrogen and oxygen atoms in total. The minimum atomic E-state index is -0.132. The Hall–Kier alpha value is -2.45. The number of hydrogen-bond donors (Lipinski definition) is 1. The van der Waals surface area contributed by atoms with Crippen LogP contribution < -0.4 is 5.56 Å². The molecule has 3 aromatic heterocycles. The lowest BCUT2D eigenvalue weighted by molar-refractivity contribution is 0.465. The van der Waals surface area contributed by atoms with E-state index < -0.39 is 0 Å². The maximum Gasteiger partial charge on any atom is 0.277 e. The molecular weight excluding hydrogens is 392 g/mol. The lowest BCUT2D eigenvalue weighted by atomic mass is 10.1. The van der Waals surface area contributed by atoms with E-state index in [1.54, 1.807) is 11.3 Å². The van der Waals surface area contributed by atoms with Crippen molar-refractivity contribution in [1.29, 1.82) is 0 Å². The predicted molar refractivity (Wildman–Crippen MR) is 113 cm³/mol. The molecule has 0 amide bonds. The number of aryl methyl sites for hydroxylation is 4. The first-order chi connectivity index (χ1) is 13.3. The van der Waals surface area contributed by atoms with Gasteiger partial charge in [-0.2, -0.15) is 0 Å². The lowest BCUT2D eigenvalue weighted by Crippen LogP contribution is -2.12. The van der Waals surface area contributed by atoms with Crippen molar-refractivity contribution in [2.24, 2.45) is 0 Å². The molecule has 1 atom stereocenters. The largest absolute Gasteiger partial charge is 0.411 e. The average Bonchev–Trinajstić information content (AvgIpc) is 3.19. The summed E-state index contributed by atoms with van der Waals surface area (Å²) >= 11 is 2.92. The molecule has 0 aliphatic rings. The molecule has 0 aliphatic heterocycles. The van der Waals surface area contributed by atoms with Gasteiger partial charge in [0, 0.05) is 10.4 Å². The Balaban J connectivity index is 1.61. The molecule has 8 heteroatoms. The summed E-state index contributed by atoms with van der Waals surface area (Å²) in [6, 6.07) is 6.14. The van der Waals surface area contributed by atoms with Crippen LogP contribution in [0.15, 0.2) is 32.6 Å². The molecule has 0 aliphatic carbocycles. The molecule has 1 aromatic carbocycles. The first-order valence-corrected chi connectivity index (χ1v) is 10.6. The maximum atomic E-state index is 12.5. The topological polar surface area (TPSA) is 84.7 Å². The standard InChI is InChI=1S/C20H20N4O2S2/c1-9-6-10(2)8-14(7-9)18-23-24-20(26-18)28-13(5)16-21-17(25)15-11(3)12(4)27-19(15)22-16/h6-8,13H,1-5H3,(H,21,22,25)/t13-/m0/s1. The number of H-pyrrole nitrogens is 1. The van der Waals surface area contributed by atoms with Gasteiger partial charge >= 0.3 is 0 Å². The van der Waals surface area contributed by atoms with Gasteiger partial charge < -0.3 is 9.40 Å². The molecule has 4 rings (SSSR count). The Bertz CT molecular complexity index is 1220. The minimum Gasteiger partial charge on any atom is -0.411 e. The first kappa shape index (κ1) is 18.9. The summed E-state index contributed by atoms with van der Waals surface area (Å²) in [7, 11) is 0. The second-order valence-corrected chi connectivity index (χ2v) is 9.42. The van der Waals surface area contributed by atoms with Gasteiger partial charge in [-0.25, -0.2) is 4.98 Å². The van der Waals surface area contributed by atoms with Crippen molar-refractivity contribution in [3.05, 3.63) is 55.9 Å². The number of benzene rings is 1. The van der Waals surface area contributed by atoms with Gasteiger partial charge in [-0.1, -0.05) is 29.0 Å². The maximum absolute atomic E-state index is 12.5. The highest BCUT2D eigenvalue weighted by Gasteiger charge is 2.19. The fourth-order valence-electron chi connectivity index (χ4n) is 3.14. The van der Waals surface area contributed by atoms with E-state index >= 15 is 0 Å². The molecule has 0 saturated carbocycles. The van der Waals surface area contributed by atoms with Gasteiger partial charge in [0.15, 0.2) is 0 Å². The Morgan fingerprint density at radius 3 is 2.54 bits per heavy atom. The van der Waals surface area contributed by atoms with Gasteiger partial charge in [-0.3, -0.25) is 4.79 Å². The van der Waals surface area contributed by atoms with Gasteiger partial charge in [-0.15, -0.1) is 21.5 Å². The van der Waals surface area contributed by atoms with Crippen molar-refractivity contribution < 1.29 is 4.42 Å². The Kier molecular flexibility index (Phi) is 4.84. The van der Waals surface area contributed by atoms with E-state index in [1.807, 2.05) is 46.8 Å². The highest BCUT2D eigenvalue weighted by atomic mass is 32.2. The van der Waals surface area contributed by atoms with E-state index in [2.05, 4.69) is 26.2 Å². The van der Waals surface area contributed by atoms with Crippen molar-refractivity contribution in [2.45, 2.75) is 45.1 Å². The van der Waals surface area contributed by atoms with Crippen molar-refractivity contribution in [1.82, 2.24) is 20.2 Å². The number of thioether (sulfide) groups is 1. The predicted octanol–water partition coefficient (Wildman–Crippen LogP) is 5.12. The van der Waals surface area contributed by atoms with Crippen LogP contribution in [-0.2, 0) is 0 Å². The van der Waals surface area contributed by atoms with E-state index in [4.69, 9.17) is 4.42 Å². The Morgan fingerprint density at radius 1 is 1.11 bits per heavy atom. The molecule has 0 spiro atoms. The van der Waals surface area contributed by atoms with Crippen LogP contribution in [0.3, 0.4) is 0 Å². The van der Waals surface area contributed by atoms with Gasteiger partial charge in [0.05, 0.1) is 10.6 Å². The van der Waals surface area contributed by atoms with E-state index in [9.17, 15) is 4.79 Å². The summed E-state index contributed by atoms with van der Waals surface area (Å²) in [4.78, 5) is 21.9. The van der Waals surface area contributed by atoms with Crippen LogP contribution in [-0.4, -0.2) is 20.2 Å². The Labute approximate surface area is 170 Å². The molecule has 4 aromatic rings. The number of fused-ring (bicyclic) bond motifs is 1. The summed E-state index contributed by atoms with van der Waals surface area (Å²) in [5.74, 6) is 1.10. The van der Waals surface area contributed by atoms with E-state index in [-0.39, 0.29) is 10.8 Å². The highest BCUT2D eigenvalue weighted by Crippen LogP contribution is 2.35. The van der Waals surface area contributed by atoms with Crippen LogP contribution >= 0.6 is 23.1 Å². The molecule has 0 saturated heterocycles. The third-order valence-electron chi connectivity index (χ3n) is 4.60. The average molecular weight is 413 g/mol. The molecule has 0 unspecified atom stereocenters. The quantitative estimate of drug-likeness (QED) is 0.468. The van der Waals surface area contributed by atoms with Crippen LogP contribution in [0.1, 0.15) is 39.6 Å². The highest BCUT2D eigenvalue weighted by molar-refractivity contribution is 7.99. The number of thiophene rings is 1. The summed E-state index contributed by atoms with van der Waals surface area (Å²) in [5, 5.41) is 9.31. The van der Waals surface area contributed by atoms with Crippen molar-refractivity contribution in [3.63, 3.8) is 0 Å². The first-order valence-electron chi connectivity index (χ1n) is 8.90. The van der Waals surface area contributed by atoms with Crippen LogP contribution in [0.4, 0.5) is 0 Å². The monoisotopic (exact) mass is 412 g/mol. The third-order valence-corrected chi connectivity index (χ3v) is 6.64. The zero-order valence-corrected chi connectivity index (χ0v) is 17.9. The molecule has 3 heterocycles. The summed E-state index contributed by atoms with van der Waals surface area (Å²) in [6.07, 6.45) is 0. The van der Waals surface area contributed by atoms with Crippen molar-refractivity contribution >= 4 is 33.3 Å². The van der Waals surface area contributed by atoms with Crippen molar-refractivity contribution in [2.75, 3.05) is 0 Å². The normalized spacial score (nSPS) is 12.6. The molecule has 0 bridgehead atoms. The van der Waals surface area contributed by atoms with Crippen LogP contribution in [0.5, 0.6) is 0 Å². The van der Waals surface area contributed by atoms with Crippen LogP contribution in [0, 0.1) is 27.7 Å². The SMILES string of the molecule is Cc1cc(C)cc(-c2nnc(S[C@@H](C)c3nc4sc(C)c(C)c4c(=O)[nH]3)o2)c1. The van der Waals surface area contributed by atoms with Crippen LogP contribution in [0.2, 0.25) is 0 Å². The smallest absolute Gasteiger partial charge is 0.277 e. The van der Waals surface area contributed by atoms with Gasteiger partial charge in [0.1, 0.15) is 10.7 Å². The van der Waals surface area contributed by atoms with Gasteiger partial charge in [0.25, 0.3) is 10.8 Å². The zero-order chi connectivity index (χ0) is 20.0. The van der Waals surface area contributed by atoms with Crippen molar-refractivity contribution in [3.8, 4) is 11.5 Å². The second kappa shape index (κ2) is 7.18. The number of nitrogens with zero attached hydrogens (tertiary/aromatic N) is 3. The fraction of sp³-hybridized carbons (Fsp3) is 0.300. The summed E-state index contributed by atoms with van der Waals surface area (Å²) in [6.45, 7) is 10.00. The lowest BCUT2D eigenvalue weighted by Gasteiger charge is -2.07. The number of aromatic nitrogens is 4. The molecule has 1 N–H and O–H groups in total. The van der Waals surface area contributed by atoms with E-state index in [1.165, 1.54) is 11.8 Å². The molecule has 144 valence electrons. The third kappa shape index (κ3) is 3.49. The second-order valence-electron chi connectivity index (χ2n) is 6.92. The summed E-state index contributed by atoms with van der Waals surface area (Å²) in [5.41, 5.74) is 4.09. The van der Waals surface area contributed by atoms with Gasteiger partial charge in [0.2, 0.25) is 5.89 Å². The summed E-state index contributed by atoms with van der Waals surface area (Å²) < 4.78 is 5.84. The molecular formula is C20H20N4O2S2. The number of aromatic amines is 1. The number of nitrogens with one attached hydrogen (secondary N) is 1. The molecule has 28 heavy (non-hydrogen) atoms. The fourth-order valence-corrected chi connectivity index (χ4v) is 4.92. The molecule has 0 fully saturated rings. The number of rotatable bonds is 4. The minimum absolute atomic E-state index is 0.101.